The third kappa shape index (κ3) is 2.31. The quantitative estimate of drug-likeness (QED) is 0.843. The molecule has 0 aliphatic carbocycles. The summed E-state index contributed by atoms with van der Waals surface area (Å²) in [5, 5.41) is 1.89. The van der Waals surface area contributed by atoms with E-state index in [1.54, 1.807) is 0 Å². The molecule has 1 aromatic carbocycles. The molecule has 2 unspecified atom stereocenters. The Morgan fingerprint density at radius 3 is 2.62 bits per heavy atom. The van der Waals surface area contributed by atoms with Crippen LogP contribution < -0.4 is 0 Å². The standard InChI is InChI=1S/C13H16BrNS/c14-13-4-2-1-3-10(13)5-6-15-8-11-7-12(9-15)16-11/h1-4,11-12H,5-9H2. The van der Waals surface area contributed by atoms with Gasteiger partial charge >= 0.3 is 0 Å². The van der Waals surface area contributed by atoms with Crippen molar-refractivity contribution in [2.45, 2.75) is 23.3 Å². The Morgan fingerprint density at radius 2 is 1.94 bits per heavy atom. The lowest BCUT2D eigenvalue weighted by molar-refractivity contribution is 0.225. The number of rotatable bonds is 3. The first kappa shape index (κ1) is 11.1. The third-order valence-electron chi connectivity index (χ3n) is 3.49. The molecule has 3 heteroatoms. The molecule has 0 spiro atoms. The molecule has 3 fully saturated rings. The number of thioether (sulfide) groups is 1. The van der Waals surface area contributed by atoms with Crippen LogP contribution in [-0.2, 0) is 6.42 Å². The fourth-order valence-corrected chi connectivity index (χ4v) is 4.55. The number of halogens is 1. The van der Waals surface area contributed by atoms with E-state index in [0.29, 0.717) is 0 Å². The van der Waals surface area contributed by atoms with Gasteiger partial charge < -0.3 is 4.90 Å². The highest BCUT2D eigenvalue weighted by Gasteiger charge is 2.37. The van der Waals surface area contributed by atoms with Gasteiger partial charge in [-0.15, -0.1) is 0 Å². The average molecular weight is 298 g/mol. The summed E-state index contributed by atoms with van der Waals surface area (Å²) >= 11 is 5.81. The summed E-state index contributed by atoms with van der Waals surface area (Å²) in [5.74, 6) is 0. The van der Waals surface area contributed by atoms with Crippen LogP contribution >= 0.6 is 27.7 Å². The molecule has 0 amide bonds. The predicted octanol–water partition coefficient (Wildman–Crippen LogP) is 3.18. The summed E-state index contributed by atoms with van der Waals surface area (Å²) in [6, 6.07) is 8.58. The molecule has 1 aromatic rings. The molecule has 0 N–H and O–H groups in total. The lowest BCUT2D eigenvalue weighted by atomic mass is 10.1. The summed E-state index contributed by atoms with van der Waals surface area (Å²) in [7, 11) is 0. The van der Waals surface area contributed by atoms with Crippen LogP contribution in [-0.4, -0.2) is 35.0 Å². The highest BCUT2D eigenvalue weighted by molar-refractivity contribution is 9.10. The fourth-order valence-electron chi connectivity index (χ4n) is 2.60. The van der Waals surface area contributed by atoms with Gasteiger partial charge in [-0.05, 0) is 24.5 Å². The lowest BCUT2D eigenvalue weighted by Crippen LogP contribution is -2.51. The Hall–Kier alpha value is 0.01000. The van der Waals surface area contributed by atoms with E-state index < -0.39 is 0 Å². The first-order chi connectivity index (χ1) is 7.81. The van der Waals surface area contributed by atoms with E-state index in [9.17, 15) is 0 Å². The normalized spacial score (nSPS) is 28.8. The van der Waals surface area contributed by atoms with Crippen molar-refractivity contribution in [1.82, 2.24) is 4.90 Å². The van der Waals surface area contributed by atoms with Gasteiger partial charge in [0.1, 0.15) is 0 Å². The molecule has 3 aliphatic rings. The monoisotopic (exact) mass is 297 g/mol. The van der Waals surface area contributed by atoms with Crippen molar-refractivity contribution in [3.63, 3.8) is 0 Å². The lowest BCUT2D eigenvalue weighted by Gasteiger charge is -2.46. The maximum Gasteiger partial charge on any atom is 0.0207 e. The average Bonchev–Trinajstić information content (AvgIpc) is 2.27. The summed E-state index contributed by atoms with van der Waals surface area (Å²) in [4.78, 5) is 2.63. The minimum atomic E-state index is 0.943. The molecule has 3 aliphatic heterocycles. The maximum absolute atomic E-state index is 3.62. The molecule has 1 nitrogen and oxygen atoms in total. The number of hydrogen-bond donors (Lipinski definition) is 0. The maximum atomic E-state index is 3.62. The smallest absolute Gasteiger partial charge is 0.0207 e. The van der Waals surface area contributed by atoms with Crippen LogP contribution in [0.3, 0.4) is 0 Å². The summed E-state index contributed by atoms with van der Waals surface area (Å²) in [5.41, 5.74) is 1.44. The van der Waals surface area contributed by atoms with Gasteiger partial charge in [0, 0.05) is 34.6 Å². The van der Waals surface area contributed by atoms with E-state index in [0.717, 1.165) is 10.5 Å². The molecule has 2 bridgehead atoms. The molecule has 0 aromatic heterocycles. The first-order valence-corrected chi connectivity index (χ1v) is 7.66. The Morgan fingerprint density at radius 1 is 1.25 bits per heavy atom. The topological polar surface area (TPSA) is 3.24 Å². The van der Waals surface area contributed by atoms with Crippen LogP contribution in [0.25, 0.3) is 0 Å². The third-order valence-corrected chi connectivity index (χ3v) is 5.72. The van der Waals surface area contributed by atoms with Gasteiger partial charge in [0.15, 0.2) is 0 Å². The van der Waals surface area contributed by atoms with Gasteiger partial charge in [0.05, 0.1) is 0 Å². The van der Waals surface area contributed by atoms with Crippen molar-refractivity contribution in [3.05, 3.63) is 34.3 Å². The van der Waals surface area contributed by atoms with Crippen molar-refractivity contribution in [2.75, 3.05) is 19.6 Å². The van der Waals surface area contributed by atoms with Crippen LogP contribution in [0.15, 0.2) is 28.7 Å². The number of hydrogen-bond acceptors (Lipinski definition) is 2. The Balaban J connectivity index is 1.55. The zero-order valence-electron chi connectivity index (χ0n) is 9.23. The molecule has 4 rings (SSSR count). The van der Waals surface area contributed by atoms with Gasteiger partial charge in [-0.2, -0.15) is 11.8 Å². The minimum Gasteiger partial charge on any atom is -0.301 e. The van der Waals surface area contributed by atoms with E-state index in [1.807, 2.05) is 0 Å². The highest BCUT2D eigenvalue weighted by Crippen LogP contribution is 2.41. The molecule has 3 saturated heterocycles. The Labute approximate surface area is 110 Å². The molecule has 86 valence electrons. The molecule has 16 heavy (non-hydrogen) atoms. The van der Waals surface area contributed by atoms with Gasteiger partial charge in [-0.3, -0.25) is 0 Å². The van der Waals surface area contributed by atoms with Crippen molar-refractivity contribution in [3.8, 4) is 0 Å². The van der Waals surface area contributed by atoms with Gasteiger partial charge in [-0.25, -0.2) is 0 Å². The molecular weight excluding hydrogens is 282 g/mol. The molecule has 0 saturated carbocycles. The molecule has 0 radical (unpaired) electrons. The van der Waals surface area contributed by atoms with Crippen LogP contribution in [0, 0.1) is 0 Å². The van der Waals surface area contributed by atoms with Crippen LogP contribution in [0.2, 0.25) is 0 Å². The van der Waals surface area contributed by atoms with Crippen molar-refractivity contribution >= 4 is 27.7 Å². The van der Waals surface area contributed by atoms with Crippen LogP contribution in [0.1, 0.15) is 12.0 Å². The van der Waals surface area contributed by atoms with E-state index in [4.69, 9.17) is 0 Å². The molecule has 3 heterocycles. The van der Waals surface area contributed by atoms with Crippen molar-refractivity contribution in [2.24, 2.45) is 0 Å². The summed E-state index contributed by atoms with van der Waals surface area (Å²) < 4.78 is 1.26. The summed E-state index contributed by atoms with van der Waals surface area (Å²) in [6.07, 6.45) is 2.64. The van der Waals surface area contributed by atoms with Crippen LogP contribution in [0.5, 0.6) is 0 Å². The van der Waals surface area contributed by atoms with Crippen molar-refractivity contribution in [1.29, 1.82) is 0 Å². The Kier molecular flexibility index (Phi) is 3.27. The number of fused-ring (bicyclic) bond motifs is 2. The van der Waals surface area contributed by atoms with E-state index >= 15 is 0 Å². The number of benzene rings is 1. The first-order valence-electron chi connectivity index (χ1n) is 5.92. The van der Waals surface area contributed by atoms with E-state index in [-0.39, 0.29) is 0 Å². The van der Waals surface area contributed by atoms with Gasteiger partial charge in [0.2, 0.25) is 0 Å². The SMILES string of the molecule is Brc1ccccc1CCN1CC2CC(C1)S2. The highest BCUT2D eigenvalue weighted by atomic mass is 79.9. The largest absolute Gasteiger partial charge is 0.301 e. The van der Waals surface area contributed by atoms with Gasteiger partial charge in [0.25, 0.3) is 0 Å². The molecular formula is C13H16BrNS. The van der Waals surface area contributed by atoms with Gasteiger partial charge in [-0.1, -0.05) is 34.1 Å². The second-order valence-electron chi connectivity index (χ2n) is 4.72. The zero-order valence-corrected chi connectivity index (χ0v) is 11.6. The number of nitrogens with zero attached hydrogens (tertiary/aromatic N) is 1. The van der Waals surface area contributed by atoms with Crippen LogP contribution in [0.4, 0.5) is 0 Å². The Bertz CT molecular complexity index is 366. The van der Waals surface area contributed by atoms with E-state index in [2.05, 4.69) is 56.9 Å². The van der Waals surface area contributed by atoms with Crippen molar-refractivity contribution < 1.29 is 0 Å². The second kappa shape index (κ2) is 4.71. The fraction of sp³-hybridized carbons (Fsp3) is 0.538. The van der Waals surface area contributed by atoms with E-state index in [1.165, 1.54) is 42.5 Å². The summed E-state index contributed by atoms with van der Waals surface area (Å²) in [6.45, 7) is 3.84. The zero-order chi connectivity index (χ0) is 11.0. The number of piperidine rings is 1. The second-order valence-corrected chi connectivity index (χ2v) is 7.18. The predicted molar refractivity (Wildman–Crippen MR) is 74.1 cm³/mol. The molecule has 2 atom stereocenters. The minimum absolute atomic E-state index is 0.943.